The molecular weight excluding hydrogens is 342 g/mol. The largest absolute Gasteiger partial charge is 0.493 e. The first-order chi connectivity index (χ1) is 12.9. The molecule has 0 aromatic carbocycles. The predicted octanol–water partition coefficient (Wildman–Crippen LogP) is 3.62. The molecule has 0 saturated carbocycles. The van der Waals surface area contributed by atoms with E-state index in [0.29, 0.717) is 5.92 Å². The van der Waals surface area contributed by atoms with Gasteiger partial charge in [0.1, 0.15) is 5.75 Å². The molecule has 1 aromatic heterocycles. The Morgan fingerprint density at radius 3 is 2.70 bits per heavy atom. The van der Waals surface area contributed by atoms with Crippen molar-refractivity contribution in [3.63, 3.8) is 0 Å². The Labute approximate surface area is 162 Å². The van der Waals surface area contributed by atoms with E-state index in [1.165, 1.54) is 0 Å². The summed E-state index contributed by atoms with van der Waals surface area (Å²) in [6, 6.07) is 3.82. The number of carbonyl (C=O) groups excluding carboxylic acids is 1. The van der Waals surface area contributed by atoms with Crippen LogP contribution in [0.3, 0.4) is 0 Å². The number of urea groups is 1. The second kappa shape index (κ2) is 8.46. The number of pyridine rings is 1. The van der Waals surface area contributed by atoms with Gasteiger partial charge in [-0.05, 0) is 70.9 Å². The van der Waals surface area contributed by atoms with E-state index in [2.05, 4.69) is 10.3 Å². The van der Waals surface area contributed by atoms with Gasteiger partial charge >= 0.3 is 6.03 Å². The van der Waals surface area contributed by atoms with Crippen molar-refractivity contribution in [2.45, 2.75) is 64.0 Å². The highest BCUT2D eigenvalue weighted by atomic mass is 16.5. The molecule has 1 spiro atoms. The molecule has 2 amide bonds. The van der Waals surface area contributed by atoms with Gasteiger partial charge in [-0.1, -0.05) is 0 Å². The van der Waals surface area contributed by atoms with Gasteiger partial charge in [-0.15, -0.1) is 0 Å². The van der Waals surface area contributed by atoms with Crippen molar-refractivity contribution >= 4 is 6.03 Å². The summed E-state index contributed by atoms with van der Waals surface area (Å²) in [5, 5.41) is 3.06. The molecule has 2 aliphatic rings. The Balaban J connectivity index is 1.44. The minimum atomic E-state index is -0.201. The van der Waals surface area contributed by atoms with Crippen molar-refractivity contribution in [1.82, 2.24) is 15.2 Å². The molecule has 6 nitrogen and oxygen atoms in total. The van der Waals surface area contributed by atoms with Crippen molar-refractivity contribution in [3.8, 4) is 5.75 Å². The third kappa shape index (κ3) is 5.83. The first-order valence-electron chi connectivity index (χ1n) is 10.1. The van der Waals surface area contributed by atoms with Gasteiger partial charge in [-0.3, -0.25) is 4.98 Å². The molecule has 1 aromatic rings. The van der Waals surface area contributed by atoms with Crippen LogP contribution in [0.5, 0.6) is 5.75 Å². The monoisotopic (exact) mass is 375 g/mol. The first kappa shape index (κ1) is 19.9. The van der Waals surface area contributed by atoms with E-state index in [1.54, 1.807) is 12.4 Å². The lowest BCUT2D eigenvalue weighted by Gasteiger charge is -2.46. The Morgan fingerprint density at radius 2 is 2.04 bits per heavy atom. The number of hydrogen-bond acceptors (Lipinski definition) is 4. The van der Waals surface area contributed by atoms with Crippen LogP contribution in [0.4, 0.5) is 4.79 Å². The Bertz CT molecular complexity index is 607. The van der Waals surface area contributed by atoms with Crippen LogP contribution >= 0.6 is 0 Å². The highest BCUT2D eigenvalue weighted by Gasteiger charge is 2.41. The molecule has 0 bridgehead atoms. The average molecular weight is 376 g/mol. The van der Waals surface area contributed by atoms with E-state index in [0.717, 1.165) is 64.2 Å². The number of carbonyl (C=O) groups is 1. The van der Waals surface area contributed by atoms with E-state index < -0.39 is 0 Å². The zero-order valence-corrected chi connectivity index (χ0v) is 16.9. The van der Waals surface area contributed by atoms with E-state index in [4.69, 9.17) is 9.47 Å². The normalized spacial score (nSPS) is 22.5. The van der Waals surface area contributed by atoms with Crippen LogP contribution in [0.25, 0.3) is 0 Å². The summed E-state index contributed by atoms with van der Waals surface area (Å²) in [6.07, 6.45) is 8.56. The smallest absolute Gasteiger partial charge is 0.317 e. The van der Waals surface area contributed by atoms with Crippen LogP contribution < -0.4 is 10.1 Å². The minimum absolute atomic E-state index is 0.0375. The molecule has 0 radical (unpaired) electrons. The number of amides is 2. The Morgan fingerprint density at radius 1 is 1.33 bits per heavy atom. The maximum Gasteiger partial charge on any atom is 0.317 e. The first-order valence-corrected chi connectivity index (χ1v) is 10.1. The lowest BCUT2D eigenvalue weighted by Crippen LogP contribution is -2.55. The number of hydrogen-bond donors (Lipinski definition) is 1. The zero-order chi connectivity index (χ0) is 19.3. The van der Waals surface area contributed by atoms with Gasteiger partial charge in [0, 0.05) is 37.6 Å². The van der Waals surface area contributed by atoms with Crippen LogP contribution in [0.15, 0.2) is 24.5 Å². The van der Waals surface area contributed by atoms with Gasteiger partial charge in [0.25, 0.3) is 0 Å². The van der Waals surface area contributed by atoms with E-state index in [-0.39, 0.29) is 17.2 Å². The summed E-state index contributed by atoms with van der Waals surface area (Å²) < 4.78 is 12.1. The Kier molecular flexibility index (Phi) is 6.25. The van der Waals surface area contributed by atoms with Gasteiger partial charge < -0.3 is 19.7 Å². The fourth-order valence-electron chi connectivity index (χ4n) is 4.02. The van der Waals surface area contributed by atoms with Crippen LogP contribution in [0.1, 0.15) is 52.9 Å². The molecule has 0 aliphatic carbocycles. The number of rotatable bonds is 4. The third-order valence-electron chi connectivity index (χ3n) is 5.48. The van der Waals surface area contributed by atoms with Crippen molar-refractivity contribution in [2.24, 2.45) is 5.92 Å². The summed E-state index contributed by atoms with van der Waals surface area (Å²) in [6.45, 7) is 9.11. The van der Waals surface area contributed by atoms with E-state index in [9.17, 15) is 4.79 Å². The Hall–Kier alpha value is -1.82. The summed E-state index contributed by atoms with van der Waals surface area (Å²) >= 11 is 0. The molecule has 2 saturated heterocycles. The maximum absolute atomic E-state index is 12.4. The lowest BCUT2D eigenvalue weighted by molar-refractivity contribution is -0.124. The molecule has 2 aliphatic heterocycles. The lowest BCUT2D eigenvalue weighted by atomic mass is 9.78. The third-order valence-corrected chi connectivity index (χ3v) is 5.48. The number of aromatic nitrogens is 1. The van der Waals surface area contributed by atoms with Crippen molar-refractivity contribution < 1.29 is 14.3 Å². The van der Waals surface area contributed by atoms with Gasteiger partial charge in [0.2, 0.25) is 0 Å². The number of ether oxygens (including phenoxy) is 2. The molecule has 1 N–H and O–H groups in total. The van der Waals surface area contributed by atoms with Gasteiger partial charge in [-0.2, -0.15) is 0 Å². The number of piperidine rings is 1. The van der Waals surface area contributed by atoms with Crippen LogP contribution in [0, 0.1) is 5.92 Å². The van der Waals surface area contributed by atoms with Crippen LogP contribution in [0.2, 0.25) is 0 Å². The van der Waals surface area contributed by atoms with Crippen molar-refractivity contribution in [3.05, 3.63) is 24.5 Å². The fraction of sp³-hybridized carbons (Fsp3) is 0.714. The van der Waals surface area contributed by atoms with Gasteiger partial charge in [0.15, 0.2) is 0 Å². The molecule has 27 heavy (non-hydrogen) atoms. The summed E-state index contributed by atoms with van der Waals surface area (Å²) in [5.74, 6) is 1.50. The summed E-state index contributed by atoms with van der Waals surface area (Å²) in [4.78, 5) is 18.3. The van der Waals surface area contributed by atoms with Gasteiger partial charge in [-0.25, -0.2) is 4.79 Å². The SMILES string of the molecule is CC(C)(C)NC(=O)N1CCC2(CC1)CC(CCOc1ccncc1)CCO2. The van der Waals surface area contributed by atoms with E-state index >= 15 is 0 Å². The predicted molar refractivity (Wildman–Crippen MR) is 105 cm³/mol. The topological polar surface area (TPSA) is 63.7 Å². The fourth-order valence-corrected chi connectivity index (χ4v) is 4.02. The molecular formula is C21H33N3O3. The molecule has 1 atom stereocenters. The second-order valence-corrected chi connectivity index (χ2v) is 8.88. The van der Waals surface area contributed by atoms with Crippen LogP contribution in [-0.4, -0.2) is 53.4 Å². The zero-order valence-electron chi connectivity index (χ0n) is 16.9. The molecule has 3 rings (SSSR count). The number of nitrogens with zero attached hydrogens (tertiary/aromatic N) is 2. The quantitative estimate of drug-likeness (QED) is 0.873. The summed E-state index contributed by atoms with van der Waals surface area (Å²) in [7, 11) is 0. The molecule has 3 heterocycles. The molecule has 2 fully saturated rings. The van der Waals surface area contributed by atoms with E-state index in [1.807, 2.05) is 37.8 Å². The molecule has 6 heteroatoms. The summed E-state index contributed by atoms with van der Waals surface area (Å²) in [5.41, 5.74) is -0.258. The number of nitrogens with one attached hydrogen (secondary N) is 1. The highest BCUT2D eigenvalue weighted by molar-refractivity contribution is 5.75. The highest BCUT2D eigenvalue weighted by Crippen LogP contribution is 2.38. The maximum atomic E-state index is 12.4. The number of likely N-dealkylation sites (tertiary alicyclic amines) is 1. The molecule has 150 valence electrons. The van der Waals surface area contributed by atoms with Crippen LogP contribution in [-0.2, 0) is 4.74 Å². The van der Waals surface area contributed by atoms with Crippen molar-refractivity contribution in [2.75, 3.05) is 26.3 Å². The standard InChI is InChI=1S/C21H33N3O3/c1-20(2,3)23-19(25)24-12-8-21(9-13-24)16-17(7-15-27-21)6-14-26-18-4-10-22-11-5-18/h4-5,10-11,17H,6-9,12-16H2,1-3H3,(H,23,25). The van der Waals surface area contributed by atoms with Gasteiger partial charge in [0.05, 0.1) is 12.2 Å². The average Bonchev–Trinajstić information content (AvgIpc) is 2.62. The minimum Gasteiger partial charge on any atom is -0.493 e. The molecule has 1 unspecified atom stereocenters. The van der Waals surface area contributed by atoms with Crippen molar-refractivity contribution in [1.29, 1.82) is 0 Å². The second-order valence-electron chi connectivity index (χ2n) is 8.88.